The van der Waals surface area contributed by atoms with Gasteiger partial charge >= 0.3 is 0 Å². The van der Waals surface area contributed by atoms with Crippen molar-refractivity contribution in [2.24, 2.45) is 0 Å². The second kappa shape index (κ2) is 5.78. The fraction of sp³-hybridized carbons (Fsp3) is 0.0769. The lowest BCUT2D eigenvalue weighted by Gasteiger charge is -2.09. The maximum atomic E-state index is 13.1. The van der Waals surface area contributed by atoms with Gasteiger partial charge in [-0.05, 0) is 35.9 Å². The Bertz CT molecular complexity index is 735. The molecule has 0 aliphatic heterocycles. The molecule has 0 amide bonds. The summed E-state index contributed by atoms with van der Waals surface area (Å²) in [6, 6.07) is 9.96. The summed E-state index contributed by atoms with van der Waals surface area (Å²) in [5.41, 5.74) is 6.83. The Labute approximate surface area is 121 Å². The first-order valence-electron chi connectivity index (χ1n) is 5.67. The van der Waals surface area contributed by atoms with E-state index >= 15 is 0 Å². The van der Waals surface area contributed by atoms with Crippen LogP contribution in [0.3, 0.4) is 0 Å². The first-order valence-corrected chi connectivity index (χ1v) is 7.54. The Balaban J connectivity index is 2.21. The molecule has 0 radical (unpaired) electrons. The van der Waals surface area contributed by atoms with E-state index in [0.29, 0.717) is 11.3 Å². The minimum atomic E-state index is -3.89. The van der Waals surface area contributed by atoms with Gasteiger partial charge in [-0.1, -0.05) is 23.7 Å². The van der Waals surface area contributed by atoms with E-state index in [0.717, 1.165) is 12.1 Å². The van der Waals surface area contributed by atoms with Crippen LogP contribution in [0.2, 0.25) is 5.02 Å². The van der Waals surface area contributed by atoms with E-state index in [1.807, 2.05) is 0 Å². The van der Waals surface area contributed by atoms with Crippen LogP contribution in [0.4, 0.5) is 10.1 Å². The van der Waals surface area contributed by atoms with E-state index in [-0.39, 0.29) is 16.5 Å². The van der Waals surface area contributed by atoms with Crippen LogP contribution in [0.15, 0.2) is 47.4 Å². The molecule has 0 saturated carbocycles. The molecule has 0 aromatic heterocycles. The van der Waals surface area contributed by atoms with Crippen LogP contribution in [0.5, 0.6) is 0 Å². The molecule has 2 aromatic rings. The number of nitrogens with two attached hydrogens (primary N) is 1. The summed E-state index contributed by atoms with van der Waals surface area (Å²) in [7, 11) is -3.89. The lowest BCUT2D eigenvalue weighted by molar-refractivity contribution is 0.577. The molecular formula is C13H12ClFN2O2S. The standard InChI is InChI=1S/C13H12ClFN2O2S/c14-12-5-4-10(15)7-13(12)20(18,19)17-8-9-2-1-3-11(16)6-9/h1-7,17H,8,16H2. The zero-order chi connectivity index (χ0) is 14.8. The molecule has 2 rings (SSSR count). The van der Waals surface area contributed by atoms with E-state index in [9.17, 15) is 12.8 Å². The van der Waals surface area contributed by atoms with Gasteiger partial charge in [0.1, 0.15) is 10.7 Å². The van der Waals surface area contributed by atoms with Gasteiger partial charge in [-0.25, -0.2) is 17.5 Å². The topological polar surface area (TPSA) is 72.2 Å². The van der Waals surface area contributed by atoms with E-state index in [1.165, 1.54) is 6.07 Å². The van der Waals surface area contributed by atoms with Crippen LogP contribution in [-0.2, 0) is 16.6 Å². The first kappa shape index (κ1) is 14.8. The van der Waals surface area contributed by atoms with Crippen molar-refractivity contribution >= 4 is 27.3 Å². The number of rotatable bonds is 4. The maximum absolute atomic E-state index is 13.1. The van der Waals surface area contributed by atoms with Crippen LogP contribution in [-0.4, -0.2) is 8.42 Å². The van der Waals surface area contributed by atoms with Crippen LogP contribution in [0, 0.1) is 5.82 Å². The van der Waals surface area contributed by atoms with E-state index in [4.69, 9.17) is 17.3 Å². The summed E-state index contributed by atoms with van der Waals surface area (Å²) in [4.78, 5) is -0.289. The third-order valence-electron chi connectivity index (χ3n) is 2.60. The second-order valence-electron chi connectivity index (χ2n) is 4.14. The second-order valence-corrected chi connectivity index (χ2v) is 6.29. The van der Waals surface area contributed by atoms with Crippen molar-refractivity contribution in [2.75, 3.05) is 5.73 Å². The summed E-state index contributed by atoms with van der Waals surface area (Å²) in [5.74, 6) is -0.668. The maximum Gasteiger partial charge on any atom is 0.242 e. The van der Waals surface area contributed by atoms with Gasteiger partial charge in [0.25, 0.3) is 0 Å². The number of hydrogen-bond acceptors (Lipinski definition) is 3. The lowest BCUT2D eigenvalue weighted by atomic mass is 10.2. The predicted molar refractivity (Wildman–Crippen MR) is 76.3 cm³/mol. The van der Waals surface area contributed by atoms with Gasteiger partial charge in [0, 0.05) is 12.2 Å². The number of halogens is 2. The Morgan fingerprint density at radius 2 is 1.95 bits per heavy atom. The molecule has 0 spiro atoms. The fourth-order valence-electron chi connectivity index (χ4n) is 1.64. The third kappa shape index (κ3) is 3.47. The molecule has 4 nitrogen and oxygen atoms in total. The monoisotopic (exact) mass is 314 g/mol. The van der Waals surface area contributed by atoms with Crippen LogP contribution in [0.25, 0.3) is 0 Å². The molecule has 0 atom stereocenters. The van der Waals surface area contributed by atoms with Gasteiger partial charge < -0.3 is 5.73 Å². The van der Waals surface area contributed by atoms with Gasteiger partial charge in [-0.2, -0.15) is 0 Å². The molecule has 3 N–H and O–H groups in total. The van der Waals surface area contributed by atoms with Gasteiger partial charge in [0.2, 0.25) is 10.0 Å². The molecule has 0 aliphatic carbocycles. The van der Waals surface area contributed by atoms with E-state index < -0.39 is 15.8 Å². The molecule has 0 unspecified atom stereocenters. The molecule has 0 fully saturated rings. The quantitative estimate of drug-likeness (QED) is 0.852. The Morgan fingerprint density at radius 3 is 2.65 bits per heavy atom. The van der Waals surface area contributed by atoms with E-state index in [2.05, 4.69) is 4.72 Å². The summed E-state index contributed by atoms with van der Waals surface area (Å²) < 4.78 is 39.6. The Kier molecular flexibility index (Phi) is 4.27. The molecule has 106 valence electrons. The Hall–Kier alpha value is -1.63. The minimum absolute atomic E-state index is 0.0357. The number of sulfonamides is 1. The van der Waals surface area contributed by atoms with Crippen molar-refractivity contribution < 1.29 is 12.8 Å². The number of benzene rings is 2. The summed E-state index contributed by atoms with van der Waals surface area (Å²) in [6.45, 7) is 0.0419. The SMILES string of the molecule is Nc1cccc(CNS(=O)(=O)c2cc(F)ccc2Cl)c1. The van der Waals surface area contributed by atoms with Crippen molar-refractivity contribution in [1.82, 2.24) is 4.72 Å². The third-order valence-corrected chi connectivity index (χ3v) is 4.48. The number of nitrogen functional groups attached to an aromatic ring is 1. The van der Waals surface area contributed by atoms with Gasteiger partial charge in [-0.15, -0.1) is 0 Å². The van der Waals surface area contributed by atoms with Crippen LogP contribution in [0.1, 0.15) is 5.56 Å². The number of hydrogen-bond donors (Lipinski definition) is 2. The molecule has 0 saturated heterocycles. The molecule has 2 aromatic carbocycles. The molecule has 0 bridgehead atoms. The predicted octanol–water partition coefficient (Wildman–Crippen LogP) is 2.54. The van der Waals surface area contributed by atoms with Crippen molar-refractivity contribution in [1.29, 1.82) is 0 Å². The van der Waals surface area contributed by atoms with Crippen molar-refractivity contribution in [3.63, 3.8) is 0 Å². The number of nitrogens with one attached hydrogen (secondary N) is 1. The average molecular weight is 315 g/mol. The smallest absolute Gasteiger partial charge is 0.242 e. The Morgan fingerprint density at radius 1 is 1.20 bits per heavy atom. The zero-order valence-corrected chi connectivity index (χ0v) is 11.9. The van der Waals surface area contributed by atoms with Crippen LogP contribution < -0.4 is 10.5 Å². The highest BCUT2D eigenvalue weighted by Gasteiger charge is 2.18. The molecule has 20 heavy (non-hydrogen) atoms. The van der Waals surface area contributed by atoms with Crippen molar-refractivity contribution in [3.8, 4) is 0 Å². The van der Waals surface area contributed by atoms with Gasteiger partial charge in [0.15, 0.2) is 0 Å². The van der Waals surface area contributed by atoms with Gasteiger partial charge in [-0.3, -0.25) is 0 Å². The number of anilines is 1. The molecule has 0 aliphatic rings. The summed E-state index contributed by atoms with van der Waals surface area (Å²) >= 11 is 5.78. The molecular weight excluding hydrogens is 303 g/mol. The largest absolute Gasteiger partial charge is 0.399 e. The lowest BCUT2D eigenvalue weighted by Crippen LogP contribution is -2.23. The first-order chi connectivity index (χ1) is 9.38. The average Bonchev–Trinajstić information content (AvgIpc) is 2.39. The highest BCUT2D eigenvalue weighted by molar-refractivity contribution is 7.89. The normalized spacial score (nSPS) is 11.5. The van der Waals surface area contributed by atoms with Gasteiger partial charge in [0.05, 0.1) is 5.02 Å². The van der Waals surface area contributed by atoms with Crippen molar-refractivity contribution in [3.05, 3.63) is 58.9 Å². The minimum Gasteiger partial charge on any atom is -0.399 e. The fourth-order valence-corrected chi connectivity index (χ4v) is 3.17. The van der Waals surface area contributed by atoms with Crippen LogP contribution >= 0.6 is 11.6 Å². The van der Waals surface area contributed by atoms with Crippen molar-refractivity contribution in [2.45, 2.75) is 11.4 Å². The zero-order valence-electron chi connectivity index (χ0n) is 10.3. The highest BCUT2D eigenvalue weighted by atomic mass is 35.5. The molecule has 7 heteroatoms. The van der Waals surface area contributed by atoms with E-state index in [1.54, 1.807) is 24.3 Å². The summed E-state index contributed by atoms with van der Waals surface area (Å²) in [6.07, 6.45) is 0. The highest BCUT2D eigenvalue weighted by Crippen LogP contribution is 2.22. The summed E-state index contributed by atoms with van der Waals surface area (Å²) in [5, 5.41) is -0.0357. The molecule has 0 heterocycles.